The fraction of sp³-hybridized carbons (Fsp3) is 0.611. The molecular weight excluding hydrogens is 384 g/mol. The largest absolute Gasteiger partial charge is 0.384 e. The number of anilines is 1. The Morgan fingerprint density at radius 2 is 2.15 bits per heavy atom. The highest BCUT2D eigenvalue weighted by Gasteiger charge is 2.33. The molecule has 3 N–H and O–H groups in total. The van der Waals surface area contributed by atoms with Gasteiger partial charge in [0.05, 0.1) is 12.2 Å². The molecule has 27 heavy (non-hydrogen) atoms. The van der Waals surface area contributed by atoms with Gasteiger partial charge in [-0.15, -0.1) is 0 Å². The van der Waals surface area contributed by atoms with E-state index < -0.39 is 27.2 Å². The van der Waals surface area contributed by atoms with Crippen LogP contribution >= 0.6 is 11.8 Å². The second-order valence-corrected chi connectivity index (χ2v) is 10.1. The number of nitrogens with zero attached hydrogens (tertiary/aromatic N) is 2. The number of hydrogen-bond acceptors (Lipinski definition) is 6. The van der Waals surface area contributed by atoms with Gasteiger partial charge in [0.25, 0.3) is 0 Å². The van der Waals surface area contributed by atoms with Gasteiger partial charge in [-0.1, -0.05) is 18.7 Å². The predicted molar refractivity (Wildman–Crippen MR) is 111 cm³/mol. The quantitative estimate of drug-likeness (QED) is 0.692. The third-order valence-electron chi connectivity index (χ3n) is 4.71. The zero-order chi connectivity index (χ0) is 19.8. The van der Waals surface area contributed by atoms with E-state index in [0.717, 1.165) is 53.9 Å². The van der Waals surface area contributed by atoms with E-state index in [0.29, 0.717) is 11.6 Å². The highest BCUT2D eigenvalue weighted by Crippen LogP contribution is 2.33. The molecule has 0 radical (unpaired) electrons. The average molecular weight is 411 g/mol. The molecule has 2 unspecified atom stereocenters. The minimum Gasteiger partial charge on any atom is -0.384 e. The Bertz CT molecular complexity index is 814. The van der Waals surface area contributed by atoms with E-state index in [1.165, 1.54) is 11.8 Å². The lowest BCUT2D eigenvalue weighted by molar-refractivity contribution is 0.157. The number of nitrogens with one attached hydrogen (secondary N) is 2. The van der Waals surface area contributed by atoms with Crippen LogP contribution in [-0.4, -0.2) is 42.1 Å². The maximum atomic E-state index is 12.5. The molecule has 1 aliphatic carbocycles. The molecule has 0 saturated heterocycles. The molecule has 2 aliphatic rings. The second-order valence-electron chi connectivity index (χ2n) is 7.29. The van der Waals surface area contributed by atoms with Crippen LogP contribution in [0.2, 0.25) is 0 Å². The van der Waals surface area contributed by atoms with Crippen molar-refractivity contribution < 1.29 is 14.1 Å². The van der Waals surface area contributed by atoms with E-state index in [4.69, 9.17) is 0 Å². The van der Waals surface area contributed by atoms with Crippen molar-refractivity contribution in [1.29, 1.82) is 0 Å². The zero-order valence-corrected chi connectivity index (χ0v) is 17.7. The summed E-state index contributed by atoms with van der Waals surface area (Å²) in [7, 11) is -1.61. The Balaban J connectivity index is 1.68. The van der Waals surface area contributed by atoms with E-state index in [2.05, 4.69) is 20.0 Å². The van der Waals surface area contributed by atoms with Crippen LogP contribution in [0.15, 0.2) is 4.99 Å². The van der Waals surface area contributed by atoms with Crippen molar-refractivity contribution in [2.24, 2.45) is 4.99 Å². The smallest absolute Gasteiger partial charge is 0.331 e. The van der Waals surface area contributed by atoms with Crippen LogP contribution in [0, 0.1) is 6.92 Å². The Hall–Kier alpha value is -1.45. The van der Waals surface area contributed by atoms with E-state index in [9.17, 15) is 14.1 Å². The summed E-state index contributed by atoms with van der Waals surface area (Å²) in [5, 5.41) is 13.5. The van der Waals surface area contributed by atoms with Crippen molar-refractivity contribution >= 4 is 39.5 Å². The average Bonchev–Trinajstić information content (AvgIpc) is 3.23. The Morgan fingerprint density at radius 3 is 2.78 bits per heavy atom. The number of carbonyl (C=O) groups is 1. The first-order chi connectivity index (χ1) is 12.7. The van der Waals surface area contributed by atoms with Crippen LogP contribution in [-0.2, 0) is 30.2 Å². The summed E-state index contributed by atoms with van der Waals surface area (Å²) in [6, 6.07) is -0.486. The van der Waals surface area contributed by atoms with Crippen LogP contribution in [0.4, 0.5) is 10.5 Å². The van der Waals surface area contributed by atoms with Gasteiger partial charge < -0.3 is 10.4 Å². The van der Waals surface area contributed by atoms with Gasteiger partial charge in [0.2, 0.25) is 0 Å². The Morgan fingerprint density at radius 1 is 1.41 bits per heavy atom. The summed E-state index contributed by atoms with van der Waals surface area (Å²) in [4.78, 5) is 21.4. The standard InChI is InChI=1S/C18H26N4O3S2/c1-5-11-10(2)20-13-8-6-7-12(13)15(11)21-17(23)22-27(25)14-9-19-16(26-14)18(3,4)24/h14,24H,5-9H2,1-4H3,(H2,20,21,22,23). The lowest BCUT2D eigenvalue weighted by Gasteiger charge is -2.18. The molecule has 0 aromatic carbocycles. The van der Waals surface area contributed by atoms with Crippen LogP contribution in [0.25, 0.3) is 0 Å². The number of rotatable bonds is 5. The number of carbonyl (C=O) groups excluding carboxylic acids is 1. The Kier molecular flexibility index (Phi) is 5.93. The summed E-state index contributed by atoms with van der Waals surface area (Å²) in [6.45, 7) is 7.59. The molecule has 0 saturated carbocycles. The summed E-state index contributed by atoms with van der Waals surface area (Å²) >= 11 is 1.25. The maximum Gasteiger partial charge on any atom is 0.331 e. The molecule has 0 fully saturated rings. The molecule has 1 aromatic heterocycles. The van der Waals surface area contributed by atoms with Crippen molar-refractivity contribution in [3.8, 4) is 0 Å². The topological polar surface area (TPSA) is 104 Å². The highest BCUT2D eigenvalue weighted by molar-refractivity contribution is 8.21. The number of amides is 2. The summed E-state index contributed by atoms with van der Waals surface area (Å²) in [5.41, 5.74) is 3.87. The molecule has 0 bridgehead atoms. The molecule has 3 rings (SSSR count). The van der Waals surface area contributed by atoms with Gasteiger partial charge in [-0.25, -0.2) is 9.00 Å². The number of aryl methyl sites for hydroxylation is 2. The molecule has 2 amide bonds. The van der Waals surface area contributed by atoms with Crippen molar-refractivity contribution in [3.63, 3.8) is 0 Å². The van der Waals surface area contributed by atoms with Crippen molar-refractivity contribution in [3.05, 3.63) is 22.5 Å². The summed E-state index contributed by atoms with van der Waals surface area (Å²) in [5.74, 6) is 0. The minimum absolute atomic E-state index is 0.306. The van der Waals surface area contributed by atoms with Crippen LogP contribution in [0.3, 0.4) is 0 Å². The van der Waals surface area contributed by atoms with Gasteiger partial charge in [-0.2, -0.15) is 0 Å². The van der Waals surface area contributed by atoms with Gasteiger partial charge >= 0.3 is 6.03 Å². The first kappa shape index (κ1) is 20.3. The number of hydrogen-bond donors (Lipinski definition) is 3. The van der Waals surface area contributed by atoms with Crippen molar-refractivity contribution in [2.45, 2.75) is 63.6 Å². The van der Waals surface area contributed by atoms with E-state index in [1.54, 1.807) is 13.8 Å². The maximum absolute atomic E-state index is 12.5. The number of urea groups is 1. The lowest BCUT2D eigenvalue weighted by atomic mass is 10.0. The highest BCUT2D eigenvalue weighted by atomic mass is 32.2. The van der Waals surface area contributed by atoms with E-state index in [-0.39, 0.29) is 0 Å². The molecule has 1 aromatic rings. The third kappa shape index (κ3) is 4.35. The Labute approximate surface area is 166 Å². The van der Waals surface area contributed by atoms with Gasteiger partial charge in [-0.05, 0) is 57.6 Å². The number of thioether (sulfide) groups is 1. The summed E-state index contributed by atoms with van der Waals surface area (Å²) < 4.78 is 14.7. The molecule has 1 aliphatic heterocycles. The first-order valence-corrected chi connectivity index (χ1v) is 11.2. The summed E-state index contributed by atoms with van der Waals surface area (Å²) in [6.07, 6.45) is 3.63. The monoisotopic (exact) mass is 410 g/mol. The molecule has 9 heteroatoms. The van der Waals surface area contributed by atoms with Gasteiger partial charge in [0.1, 0.15) is 26.2 Å². The van der Waals surface area contributed by atoms with Gasteiger partial charge in [-0.3, -0.25) is 14.7 Å². The first-order valence-electron chi connectivity index (χ1n) is 9.14. The molecule has 148 valence electrons. The number of aliphatic imine (C=N–C) groups is 1. The van der Waals surface area contributed by atoms with Crippen LogP contribution < -0.4 is 10.0 Å². The van der Waals surface area contributed by atoms with E-state index >= 15 is 0 Å². The minimum atomic E-state index is -1.61. The van der Waals surface area contributed by atoms with Gasteiger partial charge in [0, 0.05) is 11.4 Å². The fourth-order valence-corrected chi connectivity index (χ4v) is 5.62. The van der Waals surface area contributed by atoms with E-state index in [1.807, 2.05) is 13.8 Å². The predicted octanol–water partition coefficient (Wildman–Crippen LogP) is 2.47. The van der Waals surface area contributed by atoms with Crippen molar-refractivity contribution in [1.82, 2.24) is 9.71 Å². The normalized spacial score (nSPS) is 20.2. The second kappa shape index (κ2) is 7.89. The van der Waals surface area contributed by atoms with Crippen molar-refractivity contribution in [2.75, 3.05) is 11.9 Å². The number of pyridine rings is 1. The van der Waals surface area contributed by atoms with Crippen LogP contribution in [0.1, 0.15) is 49.7 Å². The SMILES string of the molecule is CCc1c(C)nc2c(c1NC(=O)NS(=O)C1CN=C(C(C)(C)O)S1)CCC2. The lowest BCUT2D eigenvalue weighted by Crippen LogP contribution is -2.36. The van der Waals surface area contributed by atoms with Gasteiger partial charge in [0.15, 0.2) is 0 Å². The zero-order valence-electron chi connectivity index (χ0n) is 16.1. The molecule has 7 nitrogen and oxygen atoms in total. The third-order valence-corrected chi connectivity index (χ3v) is 7.80. The molecule has 2 heterocycles. The molecular formula is C18H26N4O3S2. The molecule has 2 atom stereocenters. The molecule has 0 spiro atoms. The van der Waals surface area contributed by atoms with Crippen LogP contribution in [0.5, 0.6) is 0 Å². The fourth-order valence-electron chi connectivity index (χ4n) is 3.44. The number of aromatic nitrogens is 1. The number of aliphatic hydroxyl groups is 1. The number of fused-ring (bicyclic) bond motifs is 1.